The average Bonchev–Trinajstić information content (AvgIpc) is 3.28. The molecule has 0 aliphatic carbocycles. The van der Waals surface area contributed by atoms with Gasteiger partial charge in [-0.1, -0.05) is 6.07 Å². The summed E-state index contributed by atoms with van der Waals surface area (Å²) in [5.41, 5.74) is 0.0906. The molecule has 0 saturated carbocycles. The second-order valence-corrected chi connectivity index (χ2v) is 8.77. The number of nitrogens with zero attached hydrogens (tertiary/aromatic N) is 1. The van der Waals surface area contributed by atoms with E-state index in [-0.39, 0.29) is 34.0 Å². The normalized spacial score (nSPS) is 12.2. The summed E-state index contributed by atoms with van der Waals surface area (Å²) in [5.74, 6) is 0.0394. The van der Waals surface area contributed by atoms with E-state index < -0.39 is 25.9 Å². The summed E-state index contributed by atoms with van der Waals surface area (Å²) in [6.07, 6.45) is 1.35. The predicted octanol–water partition coefficient (Wildman–Crippen LogP) is 3.45. The number of hydrogen-bond donors (Lipinski definition) is 1. The van der Waals surface area contributed by atoms with Gasteiger partial charge in [-0.25, -0.2) is 8.42 Å². The minimum absolute atomic E-state index is 0.0375. The van der Waals surface area contributed by atoms with E-state index >= 15 is 0 Å². The zero-order valence-corrected chi connectivity index (χ0v) is 17.6. The van der Waals surface area contributed by atoms with Gasteiger partial charge in [0.2, 0.25) is 0 Å². The fourth-order valence-corrected chi connectivity index (χ4v) is 4.70. The molecule has 10 heteroatoms. The van der Waals surface area contributed by atoms with Crippen molar-refractivity contribution < 1.29 is 27.3 Å². The molecule has 0 aliphatic heterocycles. The lowest BCUT2D eigenvalue weighted by molar-refractivity contribution is -0.385. The number of carbonyl (C=O) groups excluding carboxylic acids is 1. The number of rotatable bonds is 8. The molecule has 0 aliphatic rings. The number of hydrogen-bond acceptors (Lipinski definition) is 7. The standard InChI is InChI=1S/C21H20N2O7S/c1-14-17(5-3-6-18(14)23(25)26)21(24)22-13-20(19-7-4-12-30-19)31(27,28)16-10-8-15(29-2)9-11-16/h3-12,20H,13H2,1-2H3,(H,22,24)/t20-/m0/s1. The summed E-state index contributed by atoms with van der Waals surface area (Å²) in [6.45, 7) is 1.17. The zero-order valence-electron chi connectivity index (χ0n) is 16.8. The third-order valence-corrected chi connectivity index (χ3v) is 6.89. The van der Waals surface area contributed by atoms with E-state index in [1.54, 1.807) is 6.07 Å². The number of nitrogens with one attached hydrogen (secondary N) is 1. The minimum atomic E-state index is -3.93. The van der Waals surface area contributed by atoms with E-state index in [1.807, 2.05) is 0 Å². The topological polar surface area (TPSA) is 129 Å². The van der Waals surface area contributed by atoms with Crippen molar-refractivity contribution in [3.63, 3.8) is 0 Å². The van der Waals surface area contributed by atoms with Gasteiger partial charge in [0.1, 0.15) is 16.8 Å². The molecule has 162 valence electrons. The second-order valence-electron chi connectivity index (χ2n) is 6.64. The smallest absolute Gasteiger partial charge is 0.273 e. The summed E-state index contributed by atoms with van der Waals surface area (Å²) >= 11 is 0. The number of nitro groups is 1. The SMILES string of the molecule is COc1ccc(S(=O)(=O)[C@@H](CNC(=O)c2cccc([N+](=O)[O-])c2C)c2ccco2)cc1. The fourth-order valence-electron chi connectivity index (χ4n) is 3.12. The minimum Gasteiger partial charge on any atom is -0.497 e. The molecule has 31 heavy (non-hydrogen) atoms. The fraction of sp³-hybridized carbons (Fsp3) is 0.190. The molecule has 1 heterocycles. The number of furan rings is 1. The molecule has 1 atom stereocenters. The summed E-state index contributed by atoms with van der Waals surface area (Å²) in [6, 6.07) is 13.1. The van der Waals surface area contributed by atoms with Crippen LogP contribution in [0.15, 0.2) is 70.2 Å². The Bertz CT molecular complexity index is 1190. The van der Waals surface area contributed by atoms with Crippen LogP contribution >= 0.6 is 0 Å². The summed E-state index contributed by atoms with van der Waals surface area (Å²) in [4.78, 5) is 23.3. The molecule has 0 saturated heterocycles. The molecular formula is C21H20N2O7S. The Hall–Kier alpha value is -3.66. The Kier molecular flexibility index (Phi) is 6.40. The Labute approximate surface area is 178 Å². The van der Waals surface area contributed by atoms with Gasteiger partial charge >= 0.3 is 0 Å². The van der Waals surface area contributed by atoms with Crippen molar-refractivity contribution in [3.05, 3.63) is 87.9 Å². The van der Waals surface area contributed by atoms with Crippen molar-refractivity contribution in [2.24, 2.45) is 0 Å². The van der Waals surface area contributed by atoms with Crippen LogP contribution in [0, 0.1) is 17.0 Å². The van der Waals surface area contributed by atoms with E-state index in [4.69, 9.17) is 9.15 Å². The van der Waals surface area contributed by atoms with E-state index in [2.05, 4.69) is 5.32 Å². The molecule has 0 unspecified atom stereocenters. The molecule has 0 bridgehead atoms. The Morgan fingerprint density at radius 1 is 1.16 bits per heavy atom. The first kappa shape index (κ1) is 22.0. The van der Waals surface area contributed by atoms with Crippen LogP contribution in [0.2, 0.25) is 0 Å². The highest BCUT2D eigenvalue weighted by Crippen LogP contribution is 2.30. The van der Waals surface area contributed by atoms with E-state index in [1.165, 1.54) is 68.8 Å². The van der Waals surface area contributed by atoms with Gasteiger partial charge in [-0.15, -0.1) is 0 Å². The number of methoxy groups -OCH3 is 1. The predicted molar refractivity (Wildman–Crippen MR) is 112 cm³/mol. The van der Waals surface area contributed by atoms with Crippen LogP contribution in [0.5, 0.6) is 5.75 Å². The maximum atomic E-state index is 13.2. The molecule has 0 spiro atoms. The van der Waals surface area contributed by atoms with E-state index in [0.717, 1.165) is 0 Å². The Morgan fingerprint density at radius 3 is 2.45 bits per heavy atom. The first-order valence-corrected chi connectivity index (χ1v) is 10.7. The van der Waals surface area contributed by atoms with Gasteiger partial charge in [0.05, 0.1) is 23.2 Å². The van der Waals surface area contributed by atoms with Crippen LogP contribution in [0.3, 0.4) is 0 Å². The molecule has 1 N–H and O–H groups in total. The Morgan fingerprint density at radius 2 is 1.87 bits per heavy atom. The number of benzene rings is 2. The molecule has 1 amide bonds. The lowest BCUT2D eigenvalue weighted by Crippen LogP contribution is -2.32. The van der Waals surface area contributed by atoms with E-state index in [9.17, 15) is 23.3 Å². The maximum Gasteiger partial charge on any atom is 0.273 e. The van der Waals surface area contributed by atoms with Gasteiger partial charge in [0.25, 0.3) is 11.6 Å². The highest BCUT2D eigenvalue weighted by Gasteiger charge is 2.32. The summed E-state index contributed by atoms with van der Waals surface area (Å²) in [5, 5.41) is 12.5. The van der Waals surface area contributed by atoms with Gasteiger partial charge < -0.3 is 14.5 Å². The molecule has 3 aromatic rings. The molecular weight excluding hydrogens is 424 g/mol. The van der Waals surface area contributed by atoms with Gasteiger partial charge in [0, 0.05) is 23.7 Å². The zero-order chi connectivity index (χ0) is 22.6. The largest absolute Gasteiger partial charge is 0.497 e. The first-order chi connectivity index (χ1) is 14.8. The monoisotopic (exact) mass is 444 g/mol. The Balaban J connectivity index is 1.89. The highest BCUT2D eigenvalue weighted by molar-refractivity contribution is 7.91. The van der Waals surface area contributed by atoms with Crippen LogP contribution in [-0.2, 0) is 9.84 Å². The van der Waals surface area contributed by atoms with Crippen molar-refractivity contribution >= 4 is 21.4 Å². The van der Waals surface area contributed by atoms with Gasteiger partial charge in [-0.3, -0.25) is 14.9 Å². The maximum absolute atomic E-state index is 13.2. The molecule has 9 nitrogen and oxygen atoms in total. The molecule has 0 radical (unpaired) electrons. The first-order valence-electron chi connectivity index (χ1n) is 9.19. The van der Waals surface area contributed by atoms with Crippen LogP contribution in [0.1, 0.15) is 26.9 Å². The third-order valence-electron chi connectivity index (χ3n) is 4.82. The van der Waals surface area contributed by atoms with Crippen molar-refractivity contribution in [2.75, 3.05) is 13.7 Å². The second kappa shape index (κ2) is 9.00. The number of amides is 1. The lowest BCUT2D eigenvalue weighted by Gasteiger charge is -2.17. The van der Waals surface area contributed by atoms with Crippen LogP contribution in [0.4, 0.5) is 5.69 Å². The van der Waals surface area contributed by atoms with Crippen LogP contribution in [0.25, 0.3) is 0 Å². The van der Waals surface area contributed by atoms with Gasteiger partial charge in [-0.2, -0.15) is 0 Å². The van der Waals surface area contributed by atoms with Crippen molar-refractivity contribution in [2.45, 2.75) is 17.1 Å². The molecule has 3 rings (SSSR count). The van der Waals surface area contributed by atoms with Crippen LogP contribution < -0.4 is 10.1 Å². The quantitative estimate of drug-likeness (QED) is 0.416. The van der Waals surface area contributed by atoms with Crippen molar-refractivity contribution in [3.8, 4) is 5.75 Å². The number of carbonyl (C=O) groups is 1. The number of sulfone groups is 1. The van der Waals surface area contributed by atoms with Crippen LogP contribution in [-0.4, -0.2) is 32.9 Å². The van der Waals surface area contributed by atoms with Crippen molar-refractivity contribution in [1.82, 2.24) is 5.32 Å². The van der Waals surface area contributed by atoms with Crippen molar-refractivity contribution in [1.29, 1.82) is 0 Å². The van der Waals surface area contributed by atoms with Gasteiger partial charge in [0.15, 0.2) is 9.84 Å². The average molecular weight is 444 g/mol. The van der Waals surface area contributed by atoms with E-state index in [0.29, 0.717) is 5.75 Å². The molecule has 0 fully saturated rings. The molecule has 2 aromatic carbocycles. The lowest BCUT2D eigenvalue weighted by atomic mass is 10.1. The number of ether oxygens (including phenoxy) is 1. The molecule has 1 aromatic heterocycles. The summed E-state index contributed by atoms with van der Waals surface area (Å²) in [7, 11) is -2.46. The number of nitro benzene ring substituents is 1. The highest BCUT2D eigenvalue weighted by atomic mass is 32.2. The third kappa shape index (κ3) is 4.58. The van der Waals surface area contributed by atoms with Gasteiger partial charge in [-0.05, 0) is 49.4 Å². The summed E-state index contributed by atoms with van der Waals surface area (Å²) < 4.78 is 36.9.